The quantitative estimate of drug-likeness (QED) is 0.602. The number of thiophene rings is 1. The van der Waals surface area contributed by atoms with Crippen LogP contribution in [0.25, 0.3) is 10.2 Å². The average Bonchev–Trinajstić information content (AvgIpc) is 2.73. The van der Waals surface area contributed by atoms with E-state index in [2.05, 4.69) is 15.4 Å². The molecule has 0 fully saturated rings. The van der Waals surface area contributed by atoms with Gasteiger partial charge in [0, 0.05) is 13.5 Å². The van der Waals surface area contributed by atoms with Gasteiger partial charge in [-0.05, 0) is 11.4 Å². The minimum absolute atomic E-state index is 0.612. The number of nitrogen functional groups attached to an aromatic ring is 1. The second-order valence-corrected chi connectivity index (χ2v) is 3.91. The maximum Gasteiger partial charge on any atom is 0.152 e. The molecule has 2 rings (SSSR count). The lowest BCUT2D eigenvalue weighted by molar-refractivity contribution is 0.200. The molecule has 5 nitrogen and oxygen atoms in total. The van der Waals surface area contributed by atoms with Gasteiger partial charge in [0.1, 0.15) is 10.7 Å². The van der Waals surface area contributed by atoms with Crippen molar-refractivity contribution in [1.82, 2.24) is 9.97 Å². The SMILES string of the molecule is COCCc1nc(NN)c2ccsc2n1. The predicted octanol–water partition coefficient (Wildman–Crippen LogP) is 1.17. The van der Waals surface area contributed by atoms with E-state index >= 15 is 0 Å². The Morgan fingerprint density at radius 3 is 3.13 bits per heavy atom. The Balaban J connectivity index is 2.40. The van der Waals surface area contributed by atoms with Crippen molar-refractivity contribution in [2.75, 3.05) is 19.1 Å². The molecule has 0 saturated heterocycles. The molecular formula is C9H12N4OS. The van der Waals surface area contributed by atoms with Crippen LogP contribution in [0.1, 0.15) is 5.82 Å². The van der Waals surface area contributed by atoms with Crippen molar-refractivity contribution in [2.45, 2.75) is 6.42 Å². The van der Waals surface area contributed by atoms with Crippen LogP contribution < -0.4 is 11.3 Å². The van der Waals surface area contributed by atoms with Crippen LogP contribution in [-0.2, 0) is 11.2 Å². The zero-order valence-electron chi connectivity index (χ0n) is 8.36. The highest BCUT2D eigenvalue weighted by Gasteiger charge is 2.07. The Morgan fingerprint density at radius 1 is 1.53 bits per heavy atom. The number of ether oxygens (including phenoxy) is 1. The largest absolute Gasteiger partial charge is 0.384 e. The van der Waals surface area contributed by atoms with Crippen molar-refractivity contribution >= 4 is 27.4 Å². The molecule has 0 aliphatic rings. The summed E-state index contributed by atoms with van der Waals surface area (Å²) in [6.07, 6.45) is 0.693. The fourth-order valence-electron chi connectivity index (χ4n) is 1.31. The molecule has 2 aromatic rings. The first-order valence-electron chi connectivity index (χ1n) is 4.55. The van der Waals surface area contributed by atoms with Crippen LogP contribution in [0.2, 0.25) is 0 Å². The van der Waals surface area contributed by atoms with E-state index in [1.807, 2.05) is 11.4 Å². The molecule has 15 heavy (non-hydrogen) atoms. The molecule has 0 aromatic carbocycles. The van der Waals surface area contributed by atoms with E-state index in [0.717, 1.165) is 16.0 Å². The summed E-state index contributed by atoms with van der Waals surface area (Å²) in [5, 5.41) is 2.93. The van der Waals surface area contributed by atoms with E-state index < -0.39 is 0 Å². The molecule has 0 spiro atoms. The Kier molecular flexibility index (Phi) is 3.10. The van der Waals surface area contributed by atoms with Gasteiger partial charge >= 0.3 is 0 Å². The lowest BCUT2D eigenvalue weighted by atomic mass is 10.3. The zero-order chi connectivity index (χ0) is 10.7. The highest BCUT2D eigenvalue weighted by molar-refractivity contribution is 7.16. The van der Waals surface area contributed by atoms with Crippen molar-refractivity contribution in [2.24, 2.45) is 5.84 Å². The standard InChI is InChI=1S/C9H12N4OS/c1-14-4-2-7-11-8(13-10)6-3-5-15-9(6)12-7/h3,5H,2,4,10H2,1H3,(H,11,12,13). The van der Waals surface area contributed by atoms with Crippen molar-refractivity contribution < 1.29 is 4.74 Å². The summed E-state index contributed by atoms with van der Waals surface area (Å²) in [6, 6.07) is 1.95. The fraction of sp³-hybridized carbons (Fsp3) is 0.333. The van der Waals surface area contributed by atoms with E-state index in [1.165, 1.54) is 0 Å². The van der Waals surface area contributed by atoms with Gasteiger partial charge in [0.15, 0.2) is 5.82 Å². The molecule has 80 valence electrons. The fourth-order valence-corrected chi connectivity index (χ4v) is 2.10. The molecule has 0 aliphatic heterocycles. The monoisotopic (exact) mass is 224 g/mol. The third-order valence-corrected chi connectivity index (χ3v) is 2.84. The Bertz CT molecular complexity index is 456. The van der Waals surface area contributed by atoms with Gasteiger partial charge in [-0.1, -0.05) is 0 Å². The third kappa shape index (κ3) is 2.06. The van der Waals surface area contributed by atoms with Gasteiger partial charge in [0.2, 0.25) is 0 Å². The van der Waals surface area contributed by atoms with Gasteiger partial charge < -0.3 is 10.2 Å². The highest BCUT2D eigenvalue weighted by Crippen LogP contribution is 2.24. The maximum absolute atomic E-state index is 5.41. The van der Waals surface area contributed by atoms with Crippen LogP contribution in [-0.4, -0.2) is 23.7 Å². The maximum atomic E-state index is 5.41. The van der Waals surface area contributed by atoms with Crippen molar-refractivity contribution in [1.29, 1.82) is 0 Å². The first-order valence-corrected chi connectivity index (χ1v) is 5.43. The molecule has 0 unspecified atom stereocenters. The highest BCUT2D eigenvalue weighted by atomic mass is 32.1. The van der Waals surface area contributed by atoms with Crippen molar-refractivity contribution in [3.8, 4) is 0 Å². The zero-order valence-corrected chi connectivity index (χ0v) is 9.17. The summed E-state index contributed by atoms with van der Waals surface area (Å²) in [4.78, 5) is 9.67. The van der Waals surface area contributed by atoms with Gasteiger partial charge in [-0.2, -0.15) is 0 Å². The first-order chi connectivity index (χ1) is 7.35. The number of methoxy groups -OCH3 is 1. The third-order valence-electron chi connectivity index (χ3n) is 2.04. The molecule has 0 bridgehead atoms. The number of nitrogens with two attached hydrogens (primary N) is 1. The molecular weight excluding hydrogens is 212 g/mol. The van der Waals surface area contributed by atoms with Crippen molar-refractivity contribution in [3.63, 3.8) is 0 Å². The van der Waals surface area contributed by atoms with Crippen LogP contribution in [0.4, 0.5) is 5.82 Å². The van der Waals surface area contributed by atoms with Gasteiger partial charge in [-0.3, -0.25) is 0 Å². The van der Waals surface area contributed by atoms with E-state index in [1.54, 1.807) is 18.4 Å². The molecule has 0 atom stereocenters. The molecule has 2 heterocycles. The summed E-state index contributed by atoms with van der Waals surface area (Å²) in [5.74, 6) is 6.83. The van der Waals surface area contributed by atoms with Gasteiger partial charge in [-0.25, -0.2) is 15.8 Å². The average molecular weight is 224 g/mol. The van der Waals surface area contributed by atoms with E-state index in [9.17, 15) is 0 Å². The number of fused-ring (bicyclic) bond motifs is 1. The van der Waals surface area contributed by atoms with Crippen LogP contribution in [0.3, 0.4) is 0 Å². The van der Waals surface area contributed by atoms with Crippen LogP contribution in [0.5, 0.6) is 0 Å². The number of hydrogen-bond donors (Lipinski definition) is 2. The number of nitrogens with zero attached hydrogens (tertiary/aromatic N) is 2. The number of hydrogen-bond acceptors (Lipinski definition) is 6. The second-order valence-electron chi connectivity index (χ2n) is 3.02. The number of rotatable bonds is 4. The van der Waals surface area contributed by atoms with Crippen LogP contribution in [0.15, 0.2) is 11.4 Å². The molecule has 2 aromatic heterocycles. The summed E-state index contributed by atoms with van der Waals surface area (Å²) in [6.45, 7) is 0.612. The molecule has 0 aliphatic carbocycles. The van der Waals surface area contributed by atoms with Crippen molar-refractivity contribution in [3.05, 3.63) is 17.3 Å². The summed E-state index contributed by atoms with van der Waals surface area (Å²) >= 11 is 1.58. The Labute approximate surface area is 91.3 Å². The Hall–Kier alpha value is -1.24. The normalized spacial score (nSPS) is 10.8. The Morgan fingerprint density at radius 2 is 2.40 bits per heavy atom. The molecule has 0 amide bonds. The van der Waals surface area contributed by atoms with Gasteiger partial charge in [-0.15, -0.1) is 11.3 Å². The smallest absolute Gasteiger partial charge is 0.152 e. The minimum atomic E-state index is 0.612. The predicted molar refractivity (Wildman–Crippen MR) is 60.8 cm³/mol. The first kappa shape index (κ1) is 10.3. The lowest BCUT2D eigenvalue weighted by Gasteiger charge is -2.04. The van der Waals surface area contributed by atoms with Gasteiger partial charge in [0.25, 0.3) is 0 Å². The summed E-state index contributed by atoms with van der Waals surface area (Å²) < 4.78 is 4.98. The lowest BCUT2D eigenvalue weighted by Crippen LogP contribution is -2.11. The summed E-state index contributed by atoms with van der Waals surface area (Å²) in [7, 11) is 1.66. The number of hydrazine groups is 1. The number of aromatic nitrogens is 2. The van der Waals surface area contributed by atoms with E-state index in [4.69, 9.17) is 10.6 Å². The number of anilines is 1. The van der Waals surface area contributed by atoms with E-state index in [0.29, 0.717) is 18.8 Å². The molecule has 3 N–H and O–H groups in total. The van der Waals surface area contributed by atoms with Gasteiger partial charge in [0.05, 0.1) is 12.0 Å². The van der Waals surface area contributed by atoms with Crippen LogP contribution in [0, 0.1) is 0 Å². The second kappa shape index (κ2) is 4.52. The van der Waals surface area contributed by atoms with E-state index in [-0.39, 0.29) is 0 Å². The van der Waals surface area contributed by atoms with Crippen LogP contribution >= 0.6 is 11.3 Å². The minimum Gasteiger partial charge on any atom is -0.384 e. The molecule has 6 heteroatoms. The molecule has 0 saturated carbocycles. The topological polar surface area (TPSA) is 73.1 Å². The molecule has 0 radical (unpaired) electrons. The summed E-state index contributed by atoms with van der Waals surface area (Å²) in [5.41, 5.74) is 2.59. The number of nitrogens with one attached hydrogen (secondary N) is 1.